The summed E-state index contributed by atoms with van der Waals surface area (Å²) in [6, 6.07) is 7.78. The average Bonchev–Trinajstić information content (AvgIpc) is 3.16. The molecule has 1 heterocycles. The lowest BCUT2D eigenvalue weighted by Crippen LogP contribution is -2.35. The van der Waals surface area contributed by atoms with Crippen LogP contribution in [0.3, 0.4) is 0 Å². The number of carbonyl (C=O) groups is 1. The second-order valence-corrected chi connectivity index (χ2v) is 12.3. The molecule has 0 radical (unpaired) electrons. The fourth-order valence-corrected chi connectivity index (χ4v) is 5.50. The molecule has 1 aromatic carbocycles. The number of hydrogen-bond donors (Lipinski definition) is 0. The summed E-state index contributed by atoms with van der Waals surface area (Å²) >= 11 is 0. The van der Waals surface area contributed by atoms with Crippen molar-refractivity contribution >= 4 is 15.6 Å². The van der Waals surface area contributed by atoms with Gasteiger partial charge >= 0.3 is 0 Å². The first-order chi connectivity index (χ1) is 13.6. The Morgan fingerprint density at radius 1 is 1.07 bits per heavy atom. The fourth-order valence-electron chi connectivity index (χ4n) is 4.04. The number of ether oxygens (including phenoxy) is 2. The summed E-state index contributed by atoms with van der Waals surface area (Å²) in [5, 5.41) is 0. The minimum absolute atomic E-state index is 0.0511. The van der Waals surface area contributed by atoms with E-state index in [1.807, 2.05) is 24.3 Å². The second kappa shape index (κ2) is 9.17. The number of benzene rings is 1. The van der Waals surface area contributed by atoms with E-state index in [1.165, 1.54) is 0 Å². The van der Waals surface area contributed by atoms with Crippen LogP contribution >= 0.6 is 0 Å². The van der Waals surface area contributed by atoms with Crippen LogP contribution in [-0.2, 0) is 25.8 Å². The van der Waals surface area contributed by atoms with Crippen LogP contribution < -0.4 is 4.74 Å². The third-order valence-corrected chi connectivity index (χ3v) is 8.96. The molecule has 0 spiro atoms. The zero-order chi connectivity index (χ0) is 21.1. The summed E-state index contributed by atoms with van der Waals surface area (Å²) in [6.45, 7) is 6.67. The quantitative estimate of drug-likeness (QED) is 0.665. The molecule has 0 N–H and O–H groups in total. The van der Waals surface area contributed by atoms with Crippen molar-refractivity contribution in [2.24, 2.45) is 11.8 Å². The molecule has 3 rings (SSSR count). The Labute approximate surface area is 175 Å². The van der Waals surface area contributed by atoms with Gasteiger partial charge in [0, 0.05) is 18.8 Å². The highest BCUT2D eigenvalue weighted by Crippen LogP contribution is 2.33. The topological polar surface area (TPSA) is 69.7 Å². The van der Waals surface area contributed by atoms with Crippen LogP contribution in [-0.4, -0.2) is 44.0 Å². The van der Waals surface area contributed by atoms with Gasteiger partial charge in [-0.05, 0) is 70.1 Å². The zero-order valence-electron chi connectivity index (χ0n) is 17.9. The summed E-state index contributed by atoms with van der Waals surface area (Å²) in [5.74, 6) is 1.55. The Balaban J connectivity index is 1.46. The van der Waals surface area contributed by atoms with Crippen molar-refractivity contribution in [3.63, 3.8) is 0 Å². The van der Waals surface area contributed by atoms with Gasteiger partial charge < -0.3 is 9.47 Å². The predicted molar refractivity (Wildman–Crippen MR) is 114 cm³/mol. The van der Waals surface area contributed by atoms with Crippen LogP contribution in [0.15, 0.2) is 24.3 Å². The molecule has 0 aromatic heterocycles. The Morgan fingerprint density at radius 3 is 2.28 bits per heavy atom. The maximum Gasteiger partial charge on any atom is 0.155 e. The maximum atomic E-state index is 12.7. The molecule has 2 fully saturated rings. The molecule has 1 aliphatic heterocycles. The third-order valence-electron chi connectivity index (χ3n) is 6.18. The summed E-state index contributed by atoms with van der Waals surface area (Å²) in [6.07, 6.45) is 4.71. The third kappa shape index (κ3) is 6.05. The van der Waals surface area contributed by atoms with Gasteiger partial charge in [0.05, 0.1) is 23.7 Å². The molecule has 1 aliphatic carbocycles. The fraction of sp³-hybridized carbons (Fsp3) is 0.696. The van der Waals surface area contributed by atoms with E-state index in [1.54, 1.807) is 20.8 Å². The van der Waals surface area contributed by atoms with Crippen LogP contribution in [0.2, 0.25) is 0 Å². The highest BCUT2D eigenvalue weighted by molar-refractivity contribution is 7.92. The molecular formula is C23H34O5S. The highest BCUT2D eigenvalue weighted by Gasteiger charge is 2.34. The average molecular weight is 423 g/mol. The van der Waals surface area contributed by atoms with Gasteiger partial charge in [0.1, 0.15) is 17.6 Å². The molecule has 1 unspecified atom stereocenters. The molecule has 1 saturated carbocycles. The van der Waals surface area contributed by atoms with Crippen molar-refractivity contribution in [1.82, 2.24) is 0 Å². The molecule has 0 bridgehead atoms. The van der Waals surface area contributed by atoms with Gasteiger partial charge in [-0.1, -0.05) is 12.1 Å². The van der Waals surface area contributed by atoms with Crippen LogP contribution in [0.5, 0.6) is 5.75 Å². The molecule has 1 aromatic rings. The van der Waals surface area contributed by atoms with Crippen LogP contribution in [0.25, 0.3) is 0 Å². The van der Waals surface area contributed by atoms with Gasteiger partial charge in [-0.15, -0.1) is 0 Å². The smallest absolute Gasteiger partial charge is 0.155 e. The van der Waals surface area contributed by atoms with Crippen molar-refractivity contribution in [3.05, 3.63) is 29.8 Å². The summed E-state index contributed by atoms with van der Waals surface area (Å²) < 4.78 is 35.3. The Hall–Kier alpha value is -1.40. The van der Waals surface area contributed by atoms with E-state index in [-0.39, 0.29) is 29.5 Å². The van der Waals surface area contributed by atoms with E-state index in [0.29, 0.717) is 13.0 Å². The Kier molecular flexibility index (Phi) is 7.05. The number of hydrogen-bond acceptors (Lipinski definition) is 5. The van der Waals surface area contributed by atoms with Crippen molar-refractivity contribution < 1.29 is 22.7 Å². The van der Waals surface area contributed by atoms with E-state index >= 15 is 0 Å². The van der Waals surface area contributed by atoms with Gasteiger partial charge in [-0.25, -0.2) is 8.42 Å². The Morgan fingerprint density at radius 2 is 1.72 bits per heavy atom. The molecule has 29 heavy (non-hydrogen) atoms. The Bertz CT molecular complexity index is 778. The first-order valence-corrected chi connectivity index (χ1v) is 12.4. The van der Waals surface area contributed by atoms with Crippen LogP contribution in [0, 0.1) is 11.8 Å². The molecule has 162 valence electrons. The number of sulfone groups is 1. The highest BCUT2D eigenvalue weighted by atomic mass is 32.2. The van der Waals surface area contributed by atoms with Crippen LogP contribution in [0.1, 0.15) is 58.4 Å². The van der Waals surface area contributed by atoms with E-state index < -0.39 is 14.6 Å². The van der Waals surface area contributed by atoms with Gasteiger partial charge in [0.25, 0.3) is 0 Å². The van der Waals surface area contributed by atoms with Crippen molar-refractivity contribution in [1.29, 1.82) is 0 Å². The van der Waals surface area contributed by atoms with Crippen molar-refractivity contribution in [2.45, 2.75) is 70.1 Å². The van der Waals surface area contributed by atoms with E-state index in [4.69, 9.17) is 9.47 Å². The van der Waals surface area contributed by atoms with Gasteiger partial charge in [-0.2, -0.15) is 0 Å². The number of ketones is 1. The van der Waals surface area contributed by atoms with Crippen LogP contribution in [0.4, 0.5) is 0 Å². The van der Waals surface area contributed by atoms with Gasteiger partial charge in [0.2, 0.25) is 0 Å². The first kappa shape index (κ1) is 22.3. The molecule has 2 aliphatic rings. The molecule has 0 amide bonds. The minimum atomic E-state index is -3.10. The summed E-state index contributed by atoms with van der Waals surface area (Å²) in [4.78, 5) is 12.7. The molecule has 6 heteroatoms. The first-order valence-electron chi connectivity index (χ1n) is 10.7. The SMILES string of the molecule is CC(C)(C)S(=O)(=O)CC1CCC(C(=O)Cc2ccc(OC3CCOC3)cc2)CC1. The normalized spacial score (nSPS) is 25.7. The number of carbonyl (C=O) groups excluding carboxylic acids is 1. The molecular weight excluding hydrogens is 388 g/mol. The minimum Gasteiger partial charge on any atom is -0.488 e. The van der Waals surface area contributed by atoms with E-state index in [9.17, 15) is 13.2 Å². The lowest BCUT2D eigenvalue weighted by molar-refractivity contribution is -0.123. The zero-order valence-corrected chi connectivity index (χ0v) is 18.7. The lowest BCUT2D eigenvalue weighted by atomic mass is 9.79. The maximum absolute atomic E-state index is 12.7. The number of rotatable bonds is 7. The standard InChI is InChI=1S/C23H34O5S/c1-23(2,3)29(25,26)16-18-4-8-19(9-5-18)22(24)14-17-6-10-20(11-7-17)28-21-12-13-27-15-21/h6-7,10-11,18-19,21H,4-5,8-9,12-16H2,1-3H3. The monoisotopic (exact) mass is 422 g/mol. The van der Waals surface area contributed by atoms with Gasteiger partial charge in [-0.3, -0.25) is 4.79 Å². The summed E-state index contributed by atoms with van der Waals surface area (Å²) in [7, 11) is -3.10. The van der Waals surface area contributed by atoms with Crippen molar-refractivity contribution in [2.75, 3.05) is 19.0 Å². The van der Waals surface area contributed by atoms with Crippen molar-refractivity contribution in [3.8, 4) is 5.75 Å². The predicted octanol–water partition coefficient (Wildman–Crippen LogP) is 3.99. The second-order valence-electron chi connectivity index (χ2n) is 9.50. The number of Topliss-reactive ketones (excluding diaryl/α,β-unsaturated/α-hetero) is 1. The molecule has 1 atom stereocenters. The largest absolute Gasteiger partial charge is 0.488 e. The molecule has 1 saturated heterocycles. The van der Waals surface area contributed by atoms with E-state index in [2.05, 4.69) is 0 Å². The molecule has 5 nitrogen and oxygen atoms in total. The lowest BCUT2D eigenvalue weighted by Gasteiger charge is -2.30. The van der Waals surface area contributed by atoms with Gasteiger partial charge in [0.15, 0.2) is 9.84 Å². The van der Waals surface area contributed by atoms with E-state index in [0.717, 1.165) is 50.0 Å². The summed E-state index contributed by atoms with van der Waals surface area (Å²) in [5.41, 5.74) is 1.00.